The van der Waals surface area contributed by atoms with Crippen LogP contribution < -0.4 is 4.74 Å². The molecule has 1 heterocycles. The van der Waals surface area contributed by atoms with Gasteiger partial charge in [-0.05, 0) is 58.0 Å². The zero-order valence-corrected chi connectivity index (χ0v) is 10.6. The molecular weight excluding hydrogens is 380 g/mol. The largest absolute Gasteiger partial charge is 0.490 e. The van der Waals surface area contributed by atoms with Crippen molar-refractivity contribution >= 4 is 45.2 Å². The normalized spacial score (nSPS) is 16.2. The van der Waals surface area contributed by atoms with E-state index >= 15 is 0 Å². The molecule has 0 amide bonds. The molecule has 4 heteroatoms. The van der Waals surface area contributed by atoms with Crippen molar-refractivity contribution in [1.82, 2.24) is 4.98 Å². The zero-order chi connectivity index (χ0) is 8.55. The summed E-state index contributed by atoms with van der Waals surface area (Å²) in [4.78, 5) is 4.26. The topological polar surface area (TPSA) is 22.1 Å². The molecule has 0 atom stereocenters. The molecule has 1 saturated carbocycles. The second-order valence-corrected chi connectivity index (χ2v) is 4.98. The van der Waals surface area contributed by atoms with Crippen LogP contribution in [-0.2, 0) is 0 Å². The summed E-state index contributed by atoms with van der Waals surface area (Å²) in [6, 6.07) is 3.95. The van der Waals surface area contributed by atoms with Gasteiger partial charge in [0.05, 0.1) is 6.10 Å². The minimum atomic E-state index is 0.471. The lowest BCUT2D eigenvalue weighted by Crippen LogP contribution is -1.97. The number of aromatic nitrogens is 1. The Hall–Kier alpha value is 0.410. The number of pyridine rings is 1. The van der Waals surface area contributed by atoms with Crippen LogP contribution in [0.2, 0.25) is 0 Å². The van der Waals surface area contributed by atoms with Crippen molar-refractivity contribution in [2.24, 2.45) is 0 Å². The van der Waals surface area contributed by atoms with Crippen molar-refractivity contribution in [3.63, 3.8) is 0 Å². The zero-order valence-electron chi connectivity index (χ0n) is 6.26. The summed E-state index contributed by atoms with van der Waals surface area (Å²) < 4.78 is 7.63. The third-order valence-electron chi connectivity index (χ3n) is 1.56. The molecule has 0 aliphatic heterocycles. The van der Waals surface area contributed by atoms with Crippen molar-refractivity contribution in [3.8, 4) is 5.75 Å². The summed E-state index contributed by atoms with van der Waals surface area (Å²) in [7, 11) is 0. The summed E-state index contributed by atoms with van der Waals surface area (Å²) in [6.07, 6.45) is 2.88. The first-order valence-corrected chi connectivity index (χ1v) is 5.89. The fourth-order valence-electron chi connectivity index (χ4n) is 0.889. The van der Waals surface area contributed by atoms with Crippen molar-refractivity contribution in [2.45, 2.75) is 18.9 Å². The van der Waals surface area contributed by atoms with Gasteiger partial charge < -0.3 is 4.74 Å². The first-order chi connectivity index (χ1) is 5.74. The van der Waals surface area contributed by atoms with E-state index in [9.17, 15) is 0 Å². The Labute approximate surface area is 98.4 Å². The van der Waals surface area contributed by atoms with Gasteiger partial charge in [0.25, 0.3) is 0 Å². The van der Waals surface area contributed by atoms with Gasteiger partial charge in [0.15, 0.2) is 0 Å². The maximum atomic E-state index is 5.64. The van der Waals surface area contributed by atoms with Crippen LogP contribution in [-0.4, -0.2) is 11.1 Å². The van der Waals surface area contributed by atoms with Crippen LogP contribution in [0, 0.1) is 7.40 Å². The van der Waals surface area contributed by atoms with E-state index < -0.39 is 0 Å². The second-order valence-electron chi connectivity index (χ2n) is 2.77. The molecule has 0 N–H and O–H groups in total. The number of hydrogen-bond acceptors (Lipinski definition) is 2. The highest BCUT2D eigenvalue weighted by atomic mass is 127. The van der Waals surface area contributed by atoms with Crippen LogP contribution in [0.3, 0.4) is 0 Å². The SMILES string of the molecule is Ic1cc(OC2CC2)cc(I)n1. The van der Waals surface area contributed by atoms with Crippen molar-refractivity contribution in [2.75, 3.05) is 0 Å². The van der Waals surface area contributed by atoms with Gasteiger partial charge in [0, 0.05) is 12.1 Å². The van der Waals surface area contributed by atoms with E-state index in [-0.39, 0.29) is 0 Å². The summed E-state index contributed by atoms with van der Waals surface area (Å²) in [5.41, 5.74) is 0. The Morgan fingerprint density at radius 3 is 2.33 bits per heavy atom. The second kappa shape index (κ2) is 3.65. The molecule has 64 valence electrons. The van der Waals surface area contributed by atoms with Gasteiger partial charge in [-0.15, -0.1) is 0 Å². The Bertz CT molecular complexity index is 279. The van der Waals surface area contributed by atoms with Gasteiger partial charge >= 0.3 is 0 Å². The molecule has 0 radical (unpaired) electrons. The lowest BCUT2D eigenvalue weighted by atomic mass is 10.4. The highest BCUT2D eigenvalue weighted by molar-refractivity contribution is 14.1. The summed E-state index contributed by atoms with van der Waals surface area (Å²) in [5, 5.41) is 0. The maximum absolute atomic E-state index is 5.64. The molecule has 1 aliphatic carbocycles. The van der Waals surface area contributed by atoms with Crippen molar-refractivity contribution in [1.29, 1.82) is 0 Å². The molecule has 0 saturated heterocycles. The predicted octanol–water partition coefficient (Wildman–Crippen LogP) is 2.83. The molecule has 2 nitrogen and oxygen atoms in total. The van der Waals surface area contributed by atoms with Gasteiger partial charge in [-0.3, -0.25) is 0 Å². The summed E-state index contributed by atoms with van der Waals surface area (Å²) in [6.45, 7) is 0. The minimum Gasteiger partial charge on any atom is -0.490 e. The first kappa shape index (κ1) is 8.98. The summed E-state index contributed by atoms with van der Waals surface area (Å²) in [5.74, 6) is 0.960. The van der Waals surface area contributed by atoms with Crippen LogP contribution in [0.25, 0.3) is 0 Å². The Morgan fingerprint density at radius 1 is 1.25 bits per heavy atom. The highest BCUT2D eigenvalue weighted by Crippen LogP contribution is 2.27. The highest BCUT2D eigenvalue weighted by Gasteiger charge is 2.23. The van der Waals surface area contributed by atoms with Crippen LogP contribution in [0.4, 0.5) is 0 Å². The lowest BCUT2D eigenvalue weighted by Gasteiger charge is -2.04. The molecule has 1 aromatic rings. The van der Waals surface area contributed by atoms with E-state index in [0.29, 0.717) is 6.10 Å². The molecule has 2 rings (SSSR count). The van der Waals surface area contributed by atoms with Gasteiger partial charge in [0.2, 0.25) is 0 Å². The van der Waals surface area contributed by atoms with E-state index in [1.807, 2.05) is 12.1 Å². The lowest BCUT2D eigenvalue weighted by molar-refractivity contribution is 0.302. The quantitative estimate of drug-likeness (QED) is 0.576. The van der Waals surface area contributed by atoms with Crippen molar-refractivity contribution < 1.29 is 4.74 Å². The average Bonchev–Trinajstić information content (AvgIpc) is 2.68. The maximum Gasteiger partial charge on any atom is 0.124 e. The smallest absolute Gasteiger partial charge is 0.124 e. The fourth-order valence-corrected chi connectivity index (χ4v) is 2.48. The minimum absolute atomic E-state index is 0.471. The van der Waals surface area contributed by atoms with Crippen LogP contribution in [0.5, 0.6) is 5.75 Å². The number of hydrogen-bond donors (Lipinski definition) is 0. The number of halogens is 2. The first-order valence-electron chi connectivity index (χ1n) is 3.74. The van der Waals surface area contributed by atoms with E-state index in [1.165, 1.54) is 12.8 Å². The Morgan fingerprint density at radius 2 is 1.83 bits per heavy atom. The Kier molecular flexibility index (Phi) is 2.73. The van der Waals surface area contributed by atoms with Crippen LogP contribution in [0.1, 0.15) is 12.8 Å². The molecule has 12 heavy (non-hydrogen) atoms. The van der Waals surface area contributed by atoms with Gasteiger partial charge in [-0.25, -0.2) is 4.98 Å². The summed E-state index contributed by atoms with van der Waals surface area (Å²) >= 11 is 4.40. The molecule has 0 aromatic carbocycles. The molecule has 1 aromatic heterocycles. The van der Waals surface area contributed by atoms with E-state index in [2.05, 4.69) is 50.2 Å². The van der Waals surface area contributed by atoms with E-state index in [4.69, 9.17) is 4.74 Å². The molecule has 0 spiro atoms. The average molecular weight is 387 g/mol. The number of ether oxygens (including phenoxy) is 1. The van der Waals surface area contributed by atoms with E-state index in [0.717, 1.165) is 13.2 Å². The van der Waals surface area contributed by atoms with Crippen molar-refractivity contribution in [3.05, 3.63) is 19.5 Å². The molecular formula is C8H7I2NO. The fraction of sp³-hybridized carbons (Fsp3) is 0.375. The van der Waals surface area contributed by atoms with Gasteiger partial charge in [-0.1, -0.05) is 0 Å². The molecule has 0 bridgehead atoms. The van der Waals surface area contributed by atoms with Gasteiger partial charge in [-0.2, -0.15) is 0 Å². The van der Waals surface area contributed by atoms with Gasteiger partial charge in [0.1, 0.15) is 13.2 Å². The number of nitrogens with zero attached hydrogens (tertiary/aromatic N) is 1. The standard InChI is InChI=1S/C8H7I2NO/c9-7-3-6(4-8(10)11-7)12-5-1-2-5/h3-5H,1-2H2. The predicted molar refractivity (Wildman–Crippen MR) is 63.3 cm³/mol. The monoisotopic (exact) mass is 387 g/mol. The van der Waals surface area contributed by atoms with Crippen LogP contribution >= 0.6 is 45.2 Å². The Balaban J connectivity index is 2.18. The molecule has 0 unspecified atom stereocenters. The molecule has 1 aliphatic rings. The third-order valence-corrected chi connectivity index (χ3v) is 2.67. The number of rotatable bonds is 2. The molecule has 1 fully saturated rings. The third kappa shape index (κ3) is 2.45. The van der Waals surface area contributed by atoms with E-state index in [1.54, 1.807) is 0 Å². The van der Waals surface area contributed by atoms with Crippen LogP contribution in [0.15, 0.2) is 12.1 Å².